The van der Waals surface area contributed by atoms with Crippen molar-refractivity contribution in [3.8, 4) is 17.2 Å². The molecule has 1 fully saturated rings. The summed E-state index contributed by atoms with van der Waals surface area (Å²) in [7, 11) is 1.54. The lowest BCUT2D eigenvalue weighted by Gasteiger charge is -2.21. The summed E-state index contributed by atoms with van der Waals surface area (Å²) in [6.45, 7) is 0. The molecule has 2 aliphatic rings. The van der Waals surface area contributed by atoms with E-state index in [1.165, 1.54) is 12.4 Å². The zero-order valence-corrected chi connectivity index (χ0v) is 16.1. The van der Waals surface area contributed by atoms with Crippen molar-refractivity contribution in [1.82, 2.24) is 0 Å². The minimum Gasteiger partial charge on any atom is -0.619 e. The highest BCUT2D eigenvalue weighted by Gasteiger charge is 2.46. The highest BCUT2D eigenvalue weighted by Crippen LogP contribution is 2.52. The number of hydrogen-bond acceptors (Lipinski definition) is 5. The van der Waals surface area contributed by atoms with Crippen molar-refractivity contribution in [1.29, 1.82) is 0 Å². The van der Waals surface area contributed by atoms with Crippen LogP contribution >= 0.6 is 23.2 Å². The number of ether oxygens (including phenoxy) is 3. The van der Waals surface area contributed by atoms with Gasteiger partial charge in [0.05, 0.1) is 12.7 Å². The highest BCUT2D eigenvalue weighted by molar-refractivity contribution is 6.36. The fraction of sp³-hybridized carbons (Fsp3) is 0.368. The Hall–Kier alpha value is -2.18. The lowest BCUT2D eigenvalue weighted by Crippen LogP contribution is -2.34. The third-order valence-electron chi connectivity index (χ3n) is 4.93. The van der Waals surface area contributed by atoms with Crippen molar-refractivity contribution in [2.45, 2.75) is 37.9 Å². The fourth-order valence-corrected chi connectivity index (χ4v) is 4.17. The Bertz CT molecular complexity index is 902. The first-order chi connectivity index (χ1) is 12.9. The minimum atomic E-state index is -0.720. The number of benzene rings is 1. The molecule has 1 aromatic heterocycles. The van der Waals surface area contributed by atoms with Crippen LogP contribution in [0, 0.1) is 5.21 Å². The maximum absolute atomic E-state index is 13.0. The zero-order valence-electron chi connectivity index (χ0n) is 14.6. The van der Waals surface area contributed by atoms with Gasteiger partial charge in [0, 0.05) is 24.8 Å². The molecule has 4 rings (SSSR count). The van der Waals surface area contributed by atoms with Crippen LogP contribution in [0.2, 0.25) is 10.0 Å². The molecule has 8 heteroatoms. The first-order valence-corrected chi connectivity index (χ1v) is 9.37. The van der Waals surface area contributed by atoms with Gasteiger partial charge in [-0.2, -0.15) is 4.73 Å². The summed E-state index contributed by atoms with van der Waals surface area (Å²) >= 11 is 12.2. The average molecular weight is 410 g/mol. The molecule has 27 heavy (non-hydrogen) atoms. The van der Waals surface area contributed by atoms with Crippen LogP contribution in [0.5, 0.6) is 17.2 Å². The Morgan fingerprint density at radius 2 is 1.81 bits per heavy atom. The van der Waals surface area contributed by atoms with E-state index in [-0.39, 0.29) is 22.2 Å². The van der Waals surface area contributed by atoms with Crippen molar-refractivity contribution in [3.05, 3.63) is 50.9 Å². The molecular formula is C19H17Cl2NO5. The molecule has 142 valence electrons. The fourth-order valence-electron chi connectivity index (χ4n) is 3.59. The molecule has 0 unspecified atom stereocenters. The van der Waals surface area contributed by atoms with Gasteiger partial charge in [0.1, 0.15) is 10.0 Å². The first kappa shape index (κ1) is 18.2. The van der Waals surface area contributed by atoms with E-state index in [0.717, 1.165) is 25.7 Å². The van der Waals surface area contributed by atoms with Gasteiger partial charge in [0.25, 0.3) is 5.79 Å². The van der Waals surface area contributed by atoms with E-state index in [1.807, 2.05) is 0 Å². The lowest BCUT2D eigenvalue weighted by atomic mass is 10.0. The van der Waals surface area contributed by atoms with Crippen molar-refractivity contribution < 1.29 is 23.7 Å². The first-order valence-electron chi connectivity index (χ1n) is 8.61. The van der Waals surface area contributed by atoms with Crippen LogP contribution < -0.4 is 18.9 Å². The number of aromatic nitrogens is 1. The summed E-state index contributed by atoms with van der Waals surface area (Å²) in [5.74, 6) is 0.409. The van der Waals surface area contributed by atoms with E-state index in [2.05, 4.69) is 0 Å². The Kier molecular flexibility index (Phi) is 4.56. The molecule has 1 spiro atoms. The Labute approximate surface area is 166 Å². The van der Waals surface area contributed by atoms with E-state index in [1.54, 1.807) is 19.2 Å². The number of rotatable bonds is 4. The van der Waals surface area contributed by atoms with Crippen LogP contribution in [0.3, 0.4) is 0 Å². The predicted molar refractivity (Wildman–Crippen MR) is 98.9 cm³/mol. The lowest BCUT2D eigenvalue weighted by molar-refractivity contribution is -0.605. The molecule has 0 N–H and O–H groups in total. The second-order valence-electron chi connectivity index (χ2n) is 6.69. The van der Waals surface area contributed by atoms with Crippen LogP contribution in [0.25, 0.3) is 0 Å². The van der Waals surface area contributed by atoms with Gasteiger partial charge in [0.2, 0.25) is 5.75 Å². The van der Waals surface area contributed by atoms with E-state index < -0.39 is 5.79 Å². The molecule has 6 nitrogen and oxygen atoms in total. The number of methoxy groups -OCH3 is 1. The quantitative estimate of drug-likeness (QED) is 0.431. The van der Waals surface area contributed by atoms with Crippen molar-refractivity contribution in [2.24, 2.45) is 0 Å². The minimum absolute atomic E-state index is 0.0619. The molecule has 1 aromatic carbocycles. The summed E-state index contributed by atoms with van der Waals surface area (Å²) in [5, 5.41) is 11.7. The number of Topliss-reactive ketones (excluding diaryl/α,β-unsaturated/α-hetero) is 1. The van der Waals surface area contributed by atoms with Gasteiger partial charge in [-0.1, -0.05) is 23.2 Å². The van der Waals surface area contributed by atoms with Crippen molar-refractivity contribution >= 4 is 29.0 Å². The number of halogens is 2. The largest absolute Gasteiger partial charge is 0.619 e. The predicted octanol–water partition coefficient (Wildman–Crippen LogP) is 4.10. The van der Waals surface area contributed by atoms with Gasteiger partial charge in [-0.3, -0.25) is 4.79 Å². The summed E-state index contributed by atoms with van der Waals surface area (Å²) in [6, 6.07) is 3.33. The molecular weight excluding hydrogens is 393 g/mol. The normalized spacial score (nSPS) is 16.7. The summed E-state index contributed by atoms with van der Waals surface area (Å²) in [4.78, 5) is 13.0. The van der Waals surface area contributed by atoms with Gasteiger partial charge in [-0.25, -0.2) is 0 Å². The number of carbonyl (C=O) groups excluding carboxylic acids is 1. The van der Waals surface area contributed by atoms with E-state index >= 15 is 0 Å². The van der Waals surface area contributed by atoms with Crippen LogP contribution in [0.15, 0.2) is 24.5 Å². The number of carbonyl (C=O) groups is 1. The third-order valence-corrected chi connectivity index (χ3v) is 5.58. The monoisotopic (exact) mass is 409 g/mol. The average Bonchev–Trinajstić information content (AvgIpc) is 3.23. The molecule has 0 saturated heterocycles. The summed E-state index contributed by atoms with van der Waals surface area (Å²) < 4.78 is 18.1. The Morgan fingerprint density at radius 3 is 2.44 bits per heavy atom. The second kappa shape index (κ2) is 6.77. The molecule has 1 aliphatic carbocycles. The molecule has 0 atom stereocenters. The van der Waals surface area contributed by atoms with Gasteiger partial charge in [-0.05, 0) is 25.0 Å². The van der Waals surface area contributed by atoms with Gasteiger partial charge < -0.3 is 19.4 Å². The van der Waals surface area contributed by atoms with E-state index in [0.29, 0.717) is 33.1 Å². The number of ketones is 1. The molecule has 1 aliphatic heterocycles. The van der Waals surface area contributed by atoms with Crippen LogP contribution in [0.4, 0.5) is 0 Å². The van der Waals surface area contributed by atoms with Gasteiger partial charge >= 0.3 is 0 Å². The Balaban J connectivity index is 1.69. The third kappa shape index (κ3) is 3.17. The molecule has 0 radical (unpaired) electrons. The molecule has 0 bridgehead atoms. The molecule has 2 heterocycles. The zero-order chi connectivity index (χ0) is 19.2. The number of hydrogen-bond donors (Lipinski definition) is 0. The smallest absolute Gasteiger partial charge is 0.251 e. The van der Waals surface area contributed by atoms with Crippen LogP contribution in [0.1, 0.15) is 41.6 Å². The SMILES string of the molecule is COc1ccc(C(=O)Cc2c(Cl)c[n+]([O-])cc2Cl)c2c1OC1(CCCC1)O2. The second-order valence-corrected chi connectivity index (χ2v) is 7.50. The number of fused-ring (bicyclic) bond motifs is 1. The highest BCUT2D eigenvalue weighted by atomic mass is 35.5. The molecule has 1 saturated carbocycles. The summed E-state index contributed by atoms with van der Waals surface area (Å²) in [6.07, 6.45) is 5.81. The molecule has 2 aromatic rings. The van der Waals surface area contributed by atoms with Crippen molar-refractivity contribution in [3.63, 3.8) is 0 Å². The maximum Gasteiger partial charge on any atom is 0.251 e. The molecule has 0 amide bonds. The van der Waals surface area contributed by atoms with E-state index in [9.17, 15) is 10.0 Å². The van der Waals surface area contributed by atoms with E-state index in [4.69, 9.17) is 37.4 Å². The number of nitrogens with zero attached hydrogens (tertiary/aromatic N) is 1. The maximum atomic E-state index is 13.0. The van der Waals surface area contributed by atoms with Gasteiger partial charge in [0.15, 0.2) is 29.7 Å². The topological polar surface area (TPSA) is 71.7 Å². The summed E-state index contributed by atoms with van der Waals surface area (Å²) in [5.41, 5.74) is 0.773. The van der Waals surface area contributed by atoms with Gasteiger partial charge in [-0.15, -0.1) is 0 Å². The van der Waals surface area contributed by atoms with Crippen LogP contribution in [-0.4, -0.2) is 18.7 Å². The van der Waals surface area contributed by atoms with Crippen molar-refractivity contribution in [2.75, 3.05) is 7.11 Å². The van der Waals surface area contributed by atoms with Crippen LogP contribution in [-0.2, 0) is 6.42 Å². The standard InChI is InChI=1S/C19H17Cl2NO5/c1-25-16-5-4-11(17-18(16)27-19(26-17)6-2-3-7-19)15(23)8-12-13(20)9-22(24)10-14(12)21/h4-5,9-10H,2-3,6-8H2,1H3. The Morgan fingerprint density at radius 1 is 1.19 bits per heavy atom. The number of pyridine rings is 1.